The van der Waals surface area contributed by atoms with Gasteiger partial charge in [0.05, 0.1) is 13.7 Å². The number of hydrogen-bond acceptors (Lipinski definition) is 5. The molecule has 1 fully saturated rings. The maximum Gasteiger partial charge on any atom is 0.239 e. The number of ether oxygens (including phenoxy) is 1. The number of methoxy groups -OCH3 is 1. The van der Waals surface area contributed by atoms with E-state index in [1.807, 2.05) is 18.2 Å². The van der Waals surface area contributed by atoms with Gasteiger partial charge in [-0.3, -0.25) is 9.59 Å². The van der Waals surface area contributed by atoms with Crippen LogP contribution in [0.5, 0.6) is 5.75 Å². The molecule has 0 aromatic heterocycles. The van der Waals surface area contributed by atoms with Gasteiger partial charge in [0.25, 0.3) is 0 Å². The summed E-state index contributed by atoms with van der Waals surface area (Å²) < 4.78 is 5.20. The largest absolute Gasteiger partial charge is 0.497 e. The summed E-state index contributed by atoms with van der Waals surface area (Å²) in [5.41, 5.74) is 3.02. The minimum Gasteiger partial charge on any atom is -0.497 e. The minimum atomic E-state index is -0.0350. The van der Waals surface area contributed by atoms with Gasteiger partial charge < -0.3 is 20.3 Å². The van der Waals surface area contributed by atoms with Crippen LogP contribution in [0.2, 0.25) is 0 Å². The molecule has 0 unspecified atom stereocenters. The Morgan fingerprint density at radius 2 is 1.71 bits per heavy atom. The Labute approximate surface area is 204 Å². The molecule has 1 amide bonds. The Morgan fingerprint density at radius 1 is 1.03 bits per heavy atom. The molecule has 1 saturated heterocycles. The van der Waals surface area contributed by atoms with Crippen molar-refractivity contribution >= 4 is 17.4 Å². The number of carbonyl (C=O) groups excluding carboxylic acids is 2. The third-order valence-electron chi connectivity index (χ3n) is 6.69. The average Bonchev–Trinajstić information content (AvgIpc) is 2.85. The molecule has 2 N–H and O–H groups in total. The van der Waals surface area contributed by atoms with Gasteiger partial charge in [-0.05, 0) is 87.5 Å². The Morgan fingerprint density at radius 3 is 2.29 bits per heavy atom. The van der Waals surface area contributed by atoms with E-state index >= 15 is 0 Å². The molecule has 6 heteroatoms. The Balaban J connectivity index is 1.61. The van der Waals surface area contributed by atoms with Gasteiger partial charge >= 0.3 is 0 Å². The summed E-state index contributed by atoms with van der Waals surface area (Å²) in [5, 5.41) is 6.37. The molecule has 0 bridgehead atoms. The predicted molar refractivity (Wildman–Crippen MR) is 138 cm³/mol. The van der Waals surface area contributed by atoms with E-state index < -0.39 is 0 Å². The van der Waals surface area contributed by atoms with E-state index in [2.05, 4.69) is 43.2 Å². The van der Waals surface area contributed by atoms with Crippen LogP contribution in [0.1, 0.15) is 67.9 Å². The first-order valence-corrected chi connectivity index (χ1v) is 12.4. The van der Waals surface area contributed by atoms with Crippen molar-refractivity contribution in [1.29, 1.82) is 0 Å². The van der Waals surface area contributed by atoms with Gasteiger partial charge in [0.2, 0.25) is 5.91 Å². The van der Waals surface area contributed by atoms with E-state index in [9.17, 15) is 9.59 Å². The first-order chi connectivity index (χ1) is 16.3. The lowest BCUT2D eigenvalue weighted by molar-refractivity contribution is -0.119. The van der Waals surface area contributed by atoms with Crippen LogP contribution in [-0.4, -0.2) is 55.9 Å². The molecule has 184 valence electrons. The number of anilines is 1. The van der Waals surface area contributed by atoms with Crippen LogP contribution in [0.3, 0.4) is 0 Å². The molecular weight excluding hydrogens is 426 g/mol. The number of amides is 1. The maximum atomic E-state index is 13.3. The van der Waals surface area contributed by atoms with Gasteiger partial charge in [-0.2, -0.15) is 0 Å². The number of nitrogens with one attached hydrogen (secondary N) is 2. The van der Waals surface area contributed by atoms with Gasteiger partial charge in [-0.15, -0.1) is 0 Å². The standard InChI is InChI=1S/C28H39N3O3/c1-19(2)27-24(28(33)22-9-11-23(34-5)12-10-22)7-6-8-25(27)29-18-26(32)30-17-21-13-15-31(16-14-21)20(3)4/h6-12,19-21,29H,13-18H2,1-5H3,(H,30,32). The first-order valence-electron chi connectivity index (χ1n) is 12.4. The lowest BCUT2D eigenvalue weighted by Crippen LogP contribution is -2.42. The van der Waals surface area contributed by atoms with Gasteiger partial charge in [0.15, 0.2) is 5.78 Å². The second-order valence-corrected chi connectivity index (χ2v) is 9.71. The van der Waals surface area contributed by atoms with Crippen molar-refractivity contribution < 1.29 is 14.3 Å². The monoisotopic (exact) mass is 465 g/mol. The van der Waals surface area contributed by atoms with Crippen molar-refractivity contribution in [3.05, 3.63) is 59.2 Å². The zero-order chi connectivity index (χ0) is 24.7. The zero-order valence-electron chi connectivity index (χ0n) is 21.2. The predicted octanol–water partition coefficient (Wildman–Crippen LogP) is 4.70. The molecule has 2 aromatic rings. The fourth-order valence-electron chi connectivity index (χ4n) is 4.61. The number of piperidine rings is 1. The molecule has 0 aliphatic carbocycles. The van der Waals surface area contributed by atoms with Crippen molar-refractivity contribution in [2.75, 3.05) is 38.6 Å². The molecule has 34 heavy (non-hydrogen) atoms. The molecule has 0 saturated carbocycles. The van der Waals surface area contributed by atoms with E-state index in [1.165, 1.54) is 0 Å². The number of hydrogen-bond donors (Lipinski definition) is 2. The highest BCUT2D eigenvalue weighted by atomic mass is 16.5. The van der Waals surface area contributed by atoms with Crippen molar-refractivity contribution in [3.63, 3.8) is 0 Å². The van der Waals surface area contributed by atoms with E-state index in [-0.39, 0.29) is 24.2 Å². The molecule has 3 rings (SSSR count). The van der Waals surface area contributed by atoms with Crippen LogP contribution in [-0.2, 0) is 4.79 Å². The highest BCUT2D eigenvalue weighted by molar-refractivity contribution is 6.10. The third kappa shape index (κ3) is 6.60. The summed E-state index contributed by atoms with van der Waals surface area (Å²) in [7, 11) is 1.61. The number of nitrogens with zero attached hydrogens (tertiary/aromatic N) is 1. The topological polar surface area (TPSA) is 70.7 Å². The highest BCUT2D eigenvalue weighted by Gasteiger charge is 2.22. The highest BCUT2D eigenvalue weighted by Crippen LogP contribution is 2.30. The molecule has 1 aliphatic rings. The van der Waals surface area contributed by atoms with Crippen LogP contribution < -0.4 is 15.4 Å². The maximum absolute atomic E-state index is 13.3. The number of ketones is 1. The van der Waals surface area contributed by atoms with E-state index in [4.69, 9.17) is 4.74 Å². The number of rotatable bonds is 10. The molecule has 1 aliphatic heterocycles. The van der Waals surface area contributed by atoms with Crippen molar-refractivity contribution in [2.45, 2.75) is 52.5 Å². The van der Waals surface area contributed by atoms with Crippen LogP contribution in [0.4, 0.5) is 5.69 Å². The van der Waals surface area contributed by atoms with Crippen molar-refractivity contribution in [1.82, 2.24) is 10.2 Å². The third-order valence-corrected chi connectivity index (χ3v) is 6.69. The van der Waals surface area contributed by atoms with Crippen LogP contribution in [0.15, 0.2) is 42.5 Å². The Kier molecular flexibility index (Phi) is 9.11. The van der Waals surface area contributed by atoms with Crippen LogP contribution >= 0.6 is 0 Å². The molecular formula is C28H39N3O3. The molecule has 2 aromatic carbocycles. The van der Waals surface area contributed by atoms with Gasteiger partial charge in [0, 0.05) is 29.4 Å². The van der Waals surface area contributed by atoms with Crippen molar-refractivity contribution in [3.8, 4) is 5.75 Å². The average molecular weight is 466 g/mol. The summed E-state index contributed by atoms with van der Waals surface area (Å²) in [5.74, 6) is 1.32. The van der Waals surface area contributed by atoms with Gasteiger partial charge in [-0.25, -0.2) is 0 Å². The second-order valence-electron chi connectivity index (χ2n) is 9.71. The quantitative estimate of drug-likeness (QED) is 0.498. The lowest BCUT2D eigenvalue weighted by Gasteiger charge is -2.34. The number of likely N-dealkylation sites (tertiary alicyclic amines) is 1. The normalized spacial score (nSPS) is 14.9. The Bertz CT molecular complexity index is 961. The summed E-state index contributed by atoms with van der Waals surface area (Å²) in [4.78, 5) is 28.3. The summed E-state index contributed by atoms with van der Waals surface area (Å²) >= 11 is 0. The molecule has 0 atom stereocenters. The number of carbonyl (C=O) groups is 2. The Hall–Kier alpha value is -2.86. The molecule has 6 nitrogen and oxygen atoms in total. The zero-order valence-corrected chi connectivity index (χ0v) is 21.2. The van der Waals surface area contributed by atoms with E-state index in [0.717, 1.165) is 43.7 Å². The van der Waals surface area contributed by atoms with Crippen LogP contribution in [0, 0.1) is 5.92 Å². The fourth-order valence-corrected chi connectivity index (χ4v) is 4.61. The first kappa shape index (κ1) is 25.8. The van der Waals surface area contributed by atoms with Gasteiger partial charge in [0.1, 0.15) is 5.75 Å². The SMILES string of the molecule is COc1ccc(C(=O)c2cccc(NCC(=O)NCC3CCN(C(C)C)CC3)c2C(C)C)cc1. The smallest absolute Gasteiger partial charge is 0.239 e. The van der Waals surface area contributed by atoms with Crippen molar-refractivity contribution in [2.24, 2.45) is 5.92 Å². The summed E-state index contributed by atoms with van der Waals surface area (Å²) in [6.45, 7) is 11.7. The molecule has 0 radical (unpaired) electrons. The lowest BCUT2D eigenvalue weighted by atomic mass is 9.90. The summed E-state index contributed by atoms with van der Waals surface area (Å²) in [6.07, 6.45) is 2.25. The number of benzene rings is 2. The van der Waals surface area contributed by atoms with Gasteiger partial charge in [-0.1, -0.05) is 26.0 Å². The molecule has 1 heterocycles. The van der Waals surface area contributed by atoms with Crippen LogP contribution in [0.25, 0.3) is 0 Å². The second kappa shape index (κ2) is 12.0. The summed E-state index contributed by atoms with van der Waals surface area (Å²) in [6, 6.07) is 13.4. The molecule has 0 spiro atoms. The minimum absolute atomic E-state index is 0.0205. The van der Waals surface area contributed by atoms with E-state index in [0.29, 0.717) is 28.8 Å². The fraction of sp³-hybridized carbons (Fsp3) is 0.500. The van der Waals surface area contributed by atoms with E-state index in [1.54, 1.807) is 31.4 Å².